The number of carbonyl (C=O) groups is 1. The van der Waals surface area contributed by atoms with Gasteiger partial charge in [-0.25, -0.2) is 0 Å². The molecule has 0 spiro atoms. The molecule has 1 amide bonds. The largest absolute Gasteiger partial charge is 0.503 e. The first-order chi connectivity index (χ1) is 11.6. The zero-order valence-electron chi connectivity index (χ0n) is 14.1. The van der Waals surface area contributed by atoms with Crippen LogP contribution in [0.4, 0.5) is 5.69 Å². The number of benzene rings is 1. The van der Waals surface area contributed by atoms with Crippen LogP contribution in [0.1, 0.15) is 25.3 Å². The Hall–Kier alpha value is -2.93. The van der Waals surface area contributed by atoms with Crippen molar-refractivity contribution in [2.45, 2.75) is 26.2 Å². The van der Waals surface area contributed by atoms with Crippen LogP contribution in [0.25, 0.3) is 0 Å². The van der Waals surface area contributed by atoms with E-state index in [1.807, 2.05) is 13.0 Å². The van der Waals surface area contributed by atoms with Crippen LogP contribution in [0, 0.1) is 11.8 Å². The van der Waals surface area contributed by atoms with Gasteiger partial charge < -0.3 is 15.2 Å². The van der Waals surface area contributed by atoms with Crippen molar-refractivity contribution in [1.29, 1.82) is 0 Å². The average molecular weight is 325 g/mol. The number of ether oxygens (including phenoxy) is 1. The number of amides is 1. The molecule has 0 heterocycles. The van der Waals surface area contributed by atoms with Crippen molar-refractivity contribution in [3.8, 4) is 23.3 Å². The van der Waals surface area contributed by atoms with E-state index in [1.165, 1.54) is 13.2 Å². The third-order valence-electron chi connectivity index (χ3n) is 3.05. The molecule has 0 bridgehead atoms. The Morgan fingerprint density at radius 3 is 2.92 bits per heavy atom. The Labute approximate surface area is 143 Å². The predicted molar refractivity (Wildman–Crippen MR) is 98.2 cm³/mol. The second-order valence-electron chi connectivity index (χ2n) is 4.94. The lowest BCUT2D eigenvalue weighted by atomic mass is 10.1. The molecular formula is C20H23NO3. The maximum Gasteiger partial charge on any atom is 0.248 e. The SMILES string of the molecule is C=CCc1cc(NC(=O)/C=C/CCC#C/C=C/C)c(O)c(OC)c1. The normalized spacial score (nSPS) is 10.4. The molecule has 0 atom stereocenters. The fourth-order valence-corrected chi connectivity index (χ4v) is 1.93. The summed E-state index contributed by atoms with van der Waals surface area (Å²) < 4.78 is 5.13. The van der Waals surface area contributed by atoms with Gasteiger partial charge in [-0.2, -0.15) is 0 Å². The van der Waals surface area contributed by atoms with E-state index in [2.05, 4.69) is 23.7 Å². The van der Waals surface area contributed by atoms with Gasteiger partial charge in [-0.15, -0.1) is 6.58 Å². The van der Waals surface area contributed by atoms with Crippen molar-refractivity contribution < 1.29 is 14.6 Å². The quantitative estimate of drug-likeness (QED) is 0.262. The summed E-state index contributed by atoms with van der Waals surface area (Å²) in [5.41, 5.74) is 1.20. The molecule has 4 nitrogen and oxygen atoms in total. The number of unbranched alkanes of at least 4 members (excludes halogenated alkanes) is 1. The van der Waals surface area contributed by atoms with Crippen molar-refractivity contribution in [2.75, 3.05) is 12.4 Å². The van der Waals surface area contributed by atoms with Gasteiger partial charge in [0.25, 0.3) is 0 Å². The fraction of sp³-hybridized carbons (Fsp3) is 0.250. The fourth-order valence-electron chi connectivity index (χ4n) is 1.93. The van der Waals surface area contributed by atoms with Crippen LogP contribution in [-0.2, 0) is 11.2 Å². The molecule has 0 aliphatic heterocycles. The summed E-state index contributed by atoms with van der Waals surface area (Å²) in [5.74, 6) is 5.76. The highest BCUT2D eigenvalue weighted by atomic mass is 16.5. The van der Waals surface area contributed by atoms with Crippen LogP contribution in [-0.4, -0.2) is 18.1 Å². The summed E-state index contributed by atoms with van der Waals surface area (Å²) in [7, 11) is 1.47. The summed E-state index contributed by atoms with van der Waals surface area (Å²) in [6.45, 7) is 5.59. The van der Waals surface area contributed by atoms with Crippen LogP contribution >= 0.6 is 0 Å². The van der Waals surface area contributed by atoms with Crippen LogP contribution in [0.3, 0.4) is 0 Å². The first kappa shape index (κ1) is 19.1. The van der Waals surface area contributed by atoms with E-state index in [-0.39, 0.29) is 11.7 Å². The molecule has 24 heavy (non-hydrogen) atoms. The number of aromatic hydroxyl groups is 1. The predicted octanol–water partition coefficient (Wildman–Crippen LogP) is 3.98. The van der Waals surface area contributed by atoms with E-state index in [0.29, 0.717) is 30.7 Å². The van der Waals surface area contributed by atoms with Gasteiger partial charge >= 0.3 is 0 Å². The molecular weight excluding hydrogens is 302 g/mol. The topological polar surface area (TPSA) is 58.6 Å². The maximum absolute atomic E-state index is 12.0. The van der Waals surface area contributed by atoms with Gasteiger partial charge in [0.1, 0.15) is 0 Å². The molecule has 126 valence electrons. The average Bonchev–Trinajstić information content (AvgIpc) is 2.57. The number of phenolic OH excluding ortho intramolecular Hbond substituents is 1. The van der Waals surface area contributed by atoms with Gasteiger partial charge in [0, 0.05) is 6.42 Å². The summed E-state index contributed by atoms with van der Waals surface area (Å²) in [6.07, 6.45) is 10.6. The van der Waals surface area contributed by atoms with E-state index in [0.717, 1.165) is 5.56 Å². The van der Waals surface area contributed by atoms with Crippen molar-refractivity contribution in [2.24, 2.45) is 0 Å². The minimum atomic E-state index is -0.315. The molecule has 0 saturated heterocycles. The summed E-state index contributed by atoms with van der Waals surface area (Å²) >= 11 is 0. The number of hydrogen-bond donors (Lipinski definition) is 2. The zero-order valence-corrected chi connectivity index (χ0v) is 14.1. The van der Waals surface area contributed by atoms with Gasteiger partial charge in [-0.05, 0) is 49.6 Å². The van der Waals surface area contributed by atoms with Crippen LogP contribution in [0.2, 0.25) is 0 Å². The summed E-state index contributed by atoms with van der Waals surface area (Å²) in [5, 5.41) is 12.8. The highest BCUT2D eigenvalue weighted by Gasteiger charge is 2.11. The van der Waals surface area contributed by atoms with Gasteiger partial charge in [-0.1, -0.05) is 30.1 Å². The van der Waals surface area contributed by atoms with Gasteiger partial charge in [0.05, 0.1) is 12.8 Å². The lowest BCUT2D eigenvalue weighted by Gasteiger charge is -2.11. The molecule has 1 aromatic rings. The Balaban J connectivity index is 2.71. The van der Waals surface area contributed by atoms with Crippen LogP contribution < -0.4 is 10.1 Å². The monoisotopic (exact) mass is 325 g/mol. The van der Waals surface area contributed by atoms with Crippen molar-refractivity contribution in [3.05, 3.63) is 54.7 Å². The maximum atomic E-state index is 12.0. The third kappa shape index (κ3) is 6.45. The molecule has 0 radical (unpaired) electrons. The number of hydrogen-bond acceptors (Lipinski definition) is 3. The van der Waals surface area contributed by atoms with E-state index in [4.69, 9.17) is 4.74 Å². The molecule has 4 heteroatoms. The molecule has 0 aromatic heterocycles. The van der Waals surface area contributed by atoms with Crippen LogP contribution in [0.15, 0.2) is 49.1 Å². The molecule has 0 fully saturated rings. The molecule has 1 aromatic carbocycles. The summed E-state index contributed by atoms with van der Waals surface area (Å²) in [6, 6.07) is 3.42. The Kier molecular flexibility index (Phi) is 8.55. The van der Waals surface area contributed by atoms with Crippen LogP contribution in [0.5, 0.6) is 11.5 Å². The highest BCUT2D eigenvalue weighted by Crippen LogP contribution is 2.35. The number of methoxy groups -OCH3 is 1. The molecule has 0 saturated carbocycles. The van der Waals surface area contributed by atoms with Gasteiger partial charge in [-0.3, -0.25) is 4.79 Å². The summed E-state index contributed by atoms with van der Waals surface area (Å²) in [4.78, 5) is 12.0. The number of anilines is 1. The zero-order chi connectivity index (χ0) is 17.8. The van der Waals surface area contributed by atoms with Crippen molar-refractivity contribution in [3.63, 3.8) is 0 Å². The standard InChI is InChI=1S/C20H23NO3/c1-4-6-7-8-9-10-11-13-19(22)21-17-14-16(12-5-2)15-18(24-3)20(17)23/h4-6,11,13-15,23H,2,9-10,12H2,1,3H3,(H,21,22)/b6-4+,13-11+. The molecule has 0 aliphatic rings. The molecule has 1 rings (SSSR count). The Morgan fingerprint density at radius 2 is 2.25 bits per heavy atom. The first-order valence-corrected chi connectivity index (χ1v) is 7.70. The van der Waals surface area contributed by atoms with E-state index in [9.17, 15) is 9.90 Å². The van der Waals surface area contributed by atoms with E-state index >= 15 is 0 Å². The number of carbonyl (C=O) groups excluding carboxylic acids is 1. The molecule has 2 N–H and O–H groups in total. The van der Waals surface area contributed by atoms with Crippen molar-refractivity contribution >= 4 is 11.6 Å². The number of allylic oxidation sites excluding steroid dienone is 4. The Bertz CT molecular complexity index is 691. The van der Waals surface area contributed by atoms with Crippen molar-refractivity contribution in [1.82, 2.24) is 0 Å². The first-order valence-electron chi connectivity index (χ1n) is 7.70. The second kappa shape index (κ2) is 10.7. The smallest absolute Gasteiger partial charge is 0.248 e. The third-order valence-corrected chi connectivity index (χ3v) is 3.05. The molecule has 0 aliphatic carbocycles. The lowest BCUT2D eigenvalue weighted by Crippen LogP contribution is -2.08. The van der Waals surface area contributed by atoms with E-state index < -0.39 is 0 Å². The van der Waals surface area contributed by atoms with Gasteiger partial charge in [0.2, 0.25) is 5.91 Å². The van der Waals surface area contributed by atoms with Gasteiger partial charge in [0.15, 0.2) is 11.5 Å². The van der Waals surface area contributed by atoms with E-state index in [1.54, 1.807) is 30.4 Å². The molecule has 0 unspecified atom stereocenters. The number of phenols is 1. The second-order valence-corrected chi connectivity index (χ2v) is 4.94. The minimum absolute atomic E-state index is 0.0933. The lowest BCUT2D eigenvalue weighted by molar-refractivity contribution is -0.111. The number of nitrogens with one attached hydrogen (secondary N) is 1. The minimum Gasteiger partial charge on any atom is -0.503 e. The number of rotatable bonds is 7. The highest BCUT2D eigenvalue weighted by molar-refractivity contribution is 6.00. The Morgan fingerprint density at radius 1 is 1.46 bits per heavy atom.